The lowest BCUT2D eigenvalue weighted by Crippen LogP contribution is -2.30. The van der Waals surface area contributed by atoms with Gasteiger partial charge in [-0.2, -0.15) is 5.26 Å². The van der Waals surface area contributed by atoms with Crippen LogP contribution in [0, 0.1) is 11.3 Å². The minimum Gasteiger partial charge on any atom is -0.298 e. The summed E-state index contributed by atoms with van der Waals surface area (Å²) >= 11 is 0. The summed E-state index contributed by atoms with van der Waals surface area (Å²) in [6.07, 6.45) is 6.99. The highest BCUT2D eigenvalue weighted by Crippen LogP contribution is 2.12. The Labute approximate surface area is 153 Å². The van der Waals surface area contributed by atoms with Crippen LogP contribution in [0.5, 0.6) is 0 Å². The molecule has 0 atom stereocenters. The van der Waals surface area contributed by atoms with Gasteiger partial charge in [0.15, 0.2) is 0 Å². The summed E-state index contributed by atoms with van der Waals surface area (Å²) in [6.45, 7) is 6.09. The number of nitriles is 1. The van der Waals surface area contributed by atoms with E-state index in [1.165, 1.54) is 5.56 Å². The highest BCUT2D eigenvalue weighted by molar-refractivity contribution is 5.31. The molecule has 3 aromatic rings. The largest absolute Gasteiger partial charge is 0.298 e. The standard InChI is InChI=1S/C20H22N6/c21-13-17-3-5-18(6-4-17)14-24-8-2-9-25(12-11-24)15-19-16-26-10-1-7-22-20(26)23-19/h1,3-7,10,16H,2,8-9,11-12,14-15H2. The third-order valence-corrected chi connectivity index (χ3v) is 4.84. The van der Waals surface area contributed by atoms with Crippen LogP contribution in [0.15, 0.2) is 48.9 Å². The molecule has 0 radical (unpaired) electrons. The molecule has 1 saturated heterocycles. The van der Waals surface area contributed by atoms with E-state index in [0.29, 0.717) is 0 Å². The molecule has 0 amide bonds. The number of hydrogen-bond donors (Lipinski definition) is 0. The summed E-state index contributed by atoms with van der Waals surface area (Å²) in [5, 5.41) is 8.91. The fraction of sp³-hybridized carbons (Fsp3) is 0.350. The Kier molecular flexibility index (Phi) is 4.91. The minimum atomic E-state index is 0.720. The lowest BCUT2D eigenvalue weighted by Gasteiger charge is -2.21. The summed E-state index contributed by atoms with van der Waals surface area (Å²) in [6, 6.07) is 12.0. The average molecular weight is 346 g/mol. The monoisotopic (exact) mass is 346 g/mol. The van der Waals surface area contributed by atoms with Gasteiger partial charge < -0.3 is 0 Å². The number of aromatic nitrogens is 3. The normalized spacial score (nSPS) is 16.4. The van der Waals surface area contributed by atoms with Gasteiger partial charge >= 0.3 is 0 Å². The van der Waals surface area contributed by atoms with E-state index < -0.39 is 0 Å². The first-order chi connectivity index (χ1) is 12.8. The third kappa shape index (κ3) is 3.90. The molecule has 1 aliphatic rings. The van der Waals surface area contributed by atoms with Crippen LogP contribution in [0.4, 0.5) is 0 Å². The van der Waals surface area contributed by atoms with Crippen LogP contribution in [0.1, 0.15) is 23.2 Å². The van der Waals surface area contributed by atoms with E-state index in [4.69, 9.17) is 5.26 Å². The molecule has 1 fully saturated rings. The number of fused-ring (bicyclic) bond motifs is 1. The molecular weight excluding hydrogens is 324 g/mol. The van der Waals surface area contributed by atoms with Gasteiger partial charge in [0.2, 0.25) is 5.78 Å². The molecule has 132 valence electrons. The molecule has 4 rings (SSSR count). The number of hydrogen-bond acceptors (Lipinski definition) is 5. The zero-order valence-electron chi connectivity index (χ0n) is 14.8. The lowest BCUT2D eigenvalue weighted by atomic mass is 10.1. The van der Waals surface area contributed by atoms with Crippen LogP contribution in [-0.2, 0) is 13.1 Å². The number of nitrogens with zero attached hydrogens (tertiary/aromatic N) is 6. The van der Waals surface area contributed by atoms with Gasteiger partial charge in [-0.15, -0.1) is 0 Å². The van der Waals surface area contributed by atoms with Gasteiger partial charge in [0.05, 0.1) is 17.3 Å². The Bertz CT molecular complexity index is 875. The zero-order valence-corrected chi connectivity index (χ0v) is 14.8. The van der Waals surface area contributed by atoms with E-state index in [2.05, 4.69) is 44.2 Å². The van der Waals surface area contributed by atoms with Crippen LogP contribution in [0.3, 0.4) is 0 Å². The van der Waals surface area contributed by atoms with E-state index in [9.17, 15) is 0 Å². The van der Waals surface area contributed by atoms with E-state index in [1.807, 2.05) is 28.8 Å². The Morgan fingerprint density at radius 1 is 1.00 bits per heavy atom. The predicted octanol–water partition coefficient (Wildman–Crippen LogP) is 2.31. The topological polar surface area (TPSA) is 60.5 Å². The smallest absolute Gasteiger partial charge is 0.233 e. The molecule has 0 N–H and O–H groups in total. The van der Waals surface area contributed by atoms with Crippen molar-refractivity contribution < 1.29 is 0 Å². The molecule has 0 bridgehead atoms. The Morgan fingerprint density at radius 2 is 1.77 bits per heavy atom. The second-order valence-electron chi connectivity index (χ2n) is 6.77. The number of benzene rings is 1. The lowest BCUT2D eigenvalue weighted by molar-refractivity contribution is 0.246. The molecule has 1 aromatic carbocycles. The van der Waals surface area contributed by atoms with E-state index in [1.54, 1.807) is 6.20 Å². The van der Waals surface area contributed by atoms with Gasteiger partial charge in [-0.1, -0.05) is 12.1 Å². The second-order valence-corrected chi connectivity index (χ2v) is 6.77. The quantitative estimate of drug-likeness (QED) is 0.725. The SMILES string of the molecule is N#Cc1ccc(CN2CCCN(Cc3cn4cccnc4n3)CC2)cc1. The van der Waals surface area contributed by atoms with Gasteiger partial charge in [-0.3, -0.25) is 14.2 Å². The van der Waals surface area contributed by atoms with Gasteiger partial charge in [0.1, 0.15) is 0 Å². The van der Waals surface area contributed by atoms with Crippen molar-refractivity contribution in [3.05, 3.63) is 65.7 Å². The van der Waals surface area contributed by atoms with Crippen molar-refractivity contribution in [1.82, 2.24) is 24.2 Å². The molecule has 2 aromatic heterocycles. The summed E-state index contributed by atoms with van der Waals surface area (Å²) < 4.78 is 1.98. The molecule has 6 heteroatoms. The summed E-state index contributed by atoms with van der Waals surface area (Å²) in [5.74, 6) is 0.764. The van der Waals surface area contributed by atoms with E-state index in [0.717, 1.165) is 62.7 Å². The average Bonchev–Trinajstić information content (AvgIpc) is 2.95. The Balaban J connectivity index is 1.34. The fourth-order valence-corrected chi connectivity index (χ4v) is 3.47. The van der Waals surface area contributed by atoms with Crippen molar-refractivity contribution in [2.75, 3.05) is 26.2 Å². The highest BCUT2D eigenvalue weighted by atomic mass is 15.2. The van der Waals surface area contributed by atoms with Crippen molar-refractivity contribution in [2.45, 2.75) is 19.5 Å². The molecule has 1 aliphatic heterocycles. The van der Waals surface area contributed by atoms with Gasteiger partial charge in [0, 0.05) is 44.8 Å². The van der Waals surface area contributed by atoms with Gasteiger partial charge in [-0.25, -0.2) is 9.97 Å². The molecule has 3 heterocycles. The fourth-order valence-electron chi connectivity index (χ4n) is 3.47. The summed E-state index contributed by atoms with van der Waals surface area (Å²) in [4.78, 5) is 13.9. The van der Waals surface area contributed by atoms with Crippen molar-refractivity contribution in [1.29, 1.82) is 5.26 Å². The second kappa shape index (κ2) is 7.65. The highest BCUT2D eigenvalue weighted by Gasteiger charge is 2.16. The van der Waals surface area contributed by atoms with Crippen molar-refractivity contribution in [3.63, 3.8) is 0 Å². The molecule has 0 aliphatic carbocycles. The van der Waals surface area contributed by atoms with Crippen LogP contribution in [0.25, 0.3) is 5.78 Å². The van der Waals surface area contributed by atoms with Crippen molar-refractivity contribution in [2.24, 2.45) is 0 Å². The van der Waals surface area contributed by atoms with E-state index >= 15 is 0 Å². The number of imidazole rings is 1. The first-order valence-corrected chi connectivity index (χ1v) is 9.02. The molecular formula is C20H22N6. The maximum Gasteiger partial charge on any atom is 0.233 e. The Hall–Kier alpha value is -2.75. The van der Waals surface area contributed by atoms with Crippen molar-refractivity contribution in [3.8, 4) is 6.07 Å². The summed E-state index contributed by atoms with van der Waals surface area (Å²) in [5.41, 5.74) is 3.06. The molecule has 0 saturated carbocycles. The third-order valence-electron chi connectivity index (χ3n) is 4.84. The van der Waals surface area contributed by atoms with Crippen LogP contribution in [0.2, 0.25) is 0 Å². The Morgan fingerprint density at radius 3 is 2.50 bits per heavy atom. The van der Waals surface area contributed by atoms with Crippen LogP contribution < -0.4 is 0 Å². The zero-order chi connectivity index (χ0) is 17.8. The molecule has 26 heavy (non-hydrogen) atoms. The van der Waals surface area contributed by atoms with E-state index in [-0.39, 0.29) is 0 Å². The van der Waals surface area contributed by atoms with Crippen LogP contribution in [-0.4, -0.2) is 50.3 Å². The molecule has 6 nitrogen and oxygen atoms in total. The minimum absolute atomic E-state index is 0.720. The summed E-state index contributed by atoms with van der Waals surface area (Å²) in [7, 11) is 0. The molecule has 0 spiro atoms. The van der Waals surface area contributed by atoms with Gasteiger partial charge in [-0.05, 0) is 43.3 Å². The molecule has 0 unspecified atom stereocenters. The van der Waals surface area contributed by atoms with Gasteiger partial charge in [0.25, 0.3) is 0 Å². The van der Waals surface area contributed by atoms with Crippen LogP contribution >= 0.6 is 0 Å². The maximum atomic E-state index is 8.91. The first kappa shape index (κ1) is 16.7. The number of rotatable bonds is 4. The van der Waals surface area contributed by atoms with Crippen molar-refractivity contribution >= 4 is 5.78 Å². The first-order valence-electron chi connectivity index (χ1n) is 9.02. The maximum absolute atomic E-state index is 8.91. The predicted molar refractivity (Wildman–Crippen MR) is 99.3 cm³/mol.